The Morgan fingerprint density at radius 2 is 2.06 bits per heavy atom. The molecule has 1 fully saturated rings. The Hall–Kier alpha value is -2.93. The number of unbranched alkanes of at least 4 members (excludes halogenated alkanes) is 1. The van der Waals surface area contributed by atoms with Crippen molar-refractivity contribution in [2.45, 2.75) is 32.2 Å². The normalized spacial score (nSPS) is 16.4. The van der Waals surface area contributed by atoms with E-state index in [4.69, 9.17) is 4.74 Å². The van der Waals surface area contributed by atoms with Gasteiger partial charge in [0.05, 0.1) is 23.2 Å². The second-order valence-electron chi connectivity index (χ2n) is 8.29. The summed E-state index contributed by atoms with van der Waals surface area (Å²) in [6.07, 6.45) is 4.45. The summed E-state index contributed by atoms with van der Waals surface area (Å²) in [6.45, 7) is 4.49. The maximum atomic E-state index is 15.0. The molecule has 0 amide bonds. The van der Waals surface area contributed by atoms with Crippen molar-refractivity contribution in [1.29, 1.82) is 0 Å². The molecule has 164 valence electrons. The molecular formula is C24H29FN4O2. The van der Waals surface area contributed by atoms with E-state index in [2.05, 4.69) is 35.8 Å². The van der Waals surface area contributed by atoms with Crippen molar-refractivity contribution in [1.82, 2.24) is 14.5 Å². The Labute approximate surface area is 181 Å². The molecular weight excluding hydrogens is 395 g/mol. The van der Waals surface area contributed by atoms with Crippen LogP contribution in [0.3, 0.4) is 0 Å². The van der Waals surface area contributed by atoms with Crippen LogP contribution in [-0.2, 0) is 0 Å². The highest BCUT2D eigenvalue weighted by Crippen LogP contribution is 2.26. The highest BCUT2D eigenvalue weighted by atomic mass is 19.1. The van der Waals surface area contributed by atoms with Gasteiger partial charge in [-0.2, -0.15) is 0 Å². The summed E-state index contributed by atoms with van der Waals surface area (Å²) in [7, 11) is 4.13. The monoisotopic (exact) mass is 424 g/mol. The van der Waals surface area contributed by atoms with Gasteiger partial charge >= 0.3 is 0 Å². The molecule has 2 heterocycles. The summed E-state index contributed by atoms with van der Waals surface area (Å²) in [4.78, 5) is 21.8. The van der Waals surface area contributed by atoms with Gasteiger partial charge < -0.3 is 14.5 Å². The van der Waals surface area contributed by atoms with Gasteiger partial charge in [0.1, 0.15) is 17.9 Å². The highest BCUT2D eigenvalue weighted by Gasteiger charge is 2.24. The smallest absolute Gasteiger partial charge is 0.265 e. The van der Waals surface area contributed by atoms with Gasteiger partial charge in [0, 0.05) is 30.9 Å². The molecule has 4 rings (SSSR count). The third kappa shape index (κ3) is 4.42. The Morgan fingerprint density at radius 1 is 1.23 bits per heavy atom. The minimum Gasteiger partial charge on any atom is -0.494 e. The molecule has 1 saturated heterocycles. The summed E-state index contributed by atoms with van der Waals surface area (Å²) >= 11 is 0. The standard InChI is InChI=1S/C24H29FN4O2/c1-4-5-12-31-19-7-8-20-22(14-19)26-16-29(24(20)30)23-9-6-17(13-21(23)25)28-11-10-18(15-28)27(2)3/h6-9,13-14,16,18H,4-5,10-12,15H2,1-3H3/t18-/m1/s1. The van der Waals surface area contributed by atoms with Gasteiger partial charge in [-0.3, -0.25) is 9.36 Å². The summed E-state index contributed by atoms with van der Waals surface area (Å²) < 4.78 is 22.0. The second kappa shape index (κ2) is 9.06. The summed E-state index contributed by atoms with van der Waals surface area (Å²) in [5.74, 6) is 0.247. The van der Waals surface area contributed by atoms with Crippen molar-refractivity contribution in [2.24, 2.45) is 0 Å². The number of nitrogens with zero attached hydrogens (tertiary/aromatic N) is 4. The Bertz CT molecular complexity index is 1130. The predicted octanol–water partition coefficient (Wildman–Crippen LogP) is 3.84. The number of halogens is 1. The summed E-state index contributed by atoms with van der Waals surface area (Å²) in [5, 5.41) is 0.433. The van der Waals surface area contributed by atoms with Crippen LogP contribution < -0.4 is 15.2 Å². The van der Waals surface area contributed by atoms with Gasteiger partial charge in [0.15, 0.2) is 0 Å². The molecule has 1 aromatic heterocycles. The minimum atomic E-state index is -0.437. The zero-order chi connectivity index (χ0) is 22.0. The highest BCUT2D eigenvalue weighted by molar-refractivity contribution is 5.79. The van der Waals surface area contributed by atoms with Gasteiger partial charge in [-0.15, -0.1) is 0 Å². The molecule has 3 aromatic rings. The lowest BCUT2D eigenvalue weighted by Gasteiger charge is -2.22. The van der Waals surface area contributed by atoms with Crippen LogP contribution in [-0.4, -0.2) is 54.3 Å². The zero-order valence-corrected chi connectivity index (χ0v) is 18.3. The van der Waals surface area contributed by atoms with E-state index in [1.54, 1.807) is 24.3 Å². The van der Waals surface area contributed by atoms with Crippen molar-refractivity contribution < 1.29 is 9.13 Å². The van der Waals surface area contributed by atoms with Crippen molar-refractivity contribution in [2.75, 3.05) is 38.7 Å². The van der Waals surface area contributed by atoms with Crippen molar-refractivity contribution in [3.63, 3.8) is 0 Å². The molecule has 6 nitrogen and oxygen atoms in total. The number of hydrogen-bond donors (Lipinski definition) is 0. The predicted molar refractivity (Wildman–Crippen MR) is 122 cm³/mol. The van der Waals surface area contributed by atoms with E-state index < -0.39 is 5.82 Å². The van der Waals surface area contributed by atoms with E-state index in [-0.39, 0.29) is 11.2 Å². The molecule has 2 aromatic carbocycles. The van der Waals surface area contributed by atoms with E-state index in [1.807, 2.05) is 6.07 Å². The number of ether oxygens (including phenoxy) is 1. The van der Waals surface area contributed by atoms with E-state index >= 15 is 4.39 Å². The summed E-state index contributed by atoms with van der Waals surface area (Å²) in [5.41, 5.74) is 1.28. The van der Waals surface area contributed by atoms with Crippen LogP contribution in [0.4, 0.5) is 10.1 Å². The van der Waals surface area contributed by atoms with Crippen LogP contribution in [0.25, 0.3) is 16.6 Å². The molecule has 0 unspecified atom stereocenters. The fourth-order valence-electron chi connectivity index (χ4n) is 3.98. The number of anilines is 1. The third-order valence-corrected chi connectivity index (χ3v) is 5.95. The molecule has 31 heavy (non-hydrogen) atoms. The molecule has 0 spiro atoms. The van der Waals surface area contributed by atoms with Gasteiger partial charge in [-0.05, 0) is 57.3 Å². The van der Waals surface area contributed by atoms with Gasteiger partial charge in [-0.1, -0.05) is 13.3 Å². The lowest BCUT2D eigenvalue weighted by atomic mass is 10.2. The van der Waals surface area contributed by atoms with Crippen LogP contribution in [0.1, 0.15) is 26.2 Å². The average Bonchev–Trinajstić information content (AvgIpc) is 3.25. The third-order valence-electron chi connectivity index (χ3n) is 5.95. The molecule has 7 heteroatoms. The van der Waals surface area contributed by atoms with Crippen molar-refractivity contribution in [3.05, 3.63) is 58.9 Å². The quantitative estimate of drug-likeness (QED) is 0.540. The lowest BCUT2D eigenvalue weighted by Crippen LogP contribution is -2.31. The molecule has 1 aliphatic rings. The lowest BCUT2D eigenvalue weighted by molar-refractivity contribution is 0.310. The minimum absolute atomic E-state index is 0.203. The van der Waals surface area contributed by atoms with E-state index in [1.165, 1.54) is 17.0 Å². The fourth-order valence-corrected chi connectivity index (χ4v) is 3.98. The van der Waals surface area contributed by atoms with Crippen molar-refractivity contribution >= 4 is 16.6 Å². The number of likely N-dealkylation sites (N-methyl/N-ethyl adjacent to an activating group) is 1. The number of aromatic nitrogens is 2. The molecule has 0 aliphatic carbocycles. The first kappa shape index (κ1) is 21.3. The number of rotatable bonds is 7. The molecule has 1 aliphatic heterocycles. The van der Waals surface area contributed by atoms with E-state index in [0.29, 0.717) is 29.3 Å². The molecule has 0 saturated carbocycles. The zero-order valence-electron chi connectivity index (χ0n) is 18.3. The molecule has 1 atom stereocenters. The average molecular weight is 425 g/mol. The SMILES string of the molecule is CCCCOc1ccc2c(=O)n(-c3ccc(N4CC[C@@H](N(C)C)C4)cc3F)cnc2c1. The number of hydrogen-bond acceptors (Lipinski definition) is 5. The van der Waals surface area contributed by atoms with Gasteiger partial charge in [0.2, 0.25) is 0 Å². The van der Waals surface area contributed by atoms with Crippen LogP contribution in [0.2, 0.25) is 0 Å². The van der Waals surface area contributed by atoms with Crippen molar-refractivity contribution in [3.8, 4) is 11.4 Å². The van der Waals surface area contributed by atoms with Crippen LogP contribution in [0, 0.1) is 5.82 Å². The number of benzene rings is 2. The van der Waals surface area contributed by atoms with Crippen LogP contribution in [0.5, 0.6) is 5.75 Å². The Balaban J connectivity index is 1.60. The Morgan fingerprint density at radius 3 is 2.77 bits per heavy atom. The first-order chi connectivity index (χ1) is 15.0. The Kier molecular flexibility index (Phi) is 6.23. The van der Waals surface area contributed by atoms with Crippen LogP contribution in [0.15, 0.2) is 47.5 Å². The fraction of sp³-hybridized carbons (Fsp3) is 0.417. The molecule has 0 radical (unpaired) electrons. The van der Waals surface area contributed by atoms with Gasteiger partial charge in [-0.25, -0.2) is 9.37 Å². The second-order valence-corrected chi connectivity index (χ2v) is 8.29. The van der Waals surface area contributed by atoms with E-state index in [9.17, 15) is 4.79 Å². The first-order valence-electron chi connectivity index (χ1n) is 10.8. The molecule has 0 N–H and O–H groups in total. The first-order valence-corrected chi connectivity index (χ1v) is 10.8. The van der Waals surface area contributed by atoms with Gasteiger partial charge in [0.25, 0.3) is 5.56 Å². The van der Waals surface area contributed by atoms with Crippen LogP contribution >= 0.6 is 0 Å². The topological polar surface area (TPSA) is 50.6 Å². The number of fused-ring (bicyclic) bond motifs is 1. The summed E-state index contributed by atoms with van der Waals surface area (Å²) in [6, 6.07) is 10.7. The molecule has 0 bridgehead atoms. The maximum absolute atomic E-state index is 15.0. The van der Waals surface area contributed by atoms with E-state index in [0.717, 1.165) is 38.0 Å². The largest absolute Gasteiger partial charge is 0.494 e. The maximum Gasteiger partial charge on any atom is 0.265 e.